The summed E-state index contributed by atoms with van der Waals surface area (Å²) in [6.07, 6.45) is 1.02. The van der Waals surface area contributed by atoms with Crippen LogP contribution in [0.3, 0.4) is 0 Å². The van der Waals surface area contributed by atoms with E-state index < -0.39 is 40.2 Å². The molecule has 10 heteroatoms. The van der Waals surface area contributed by atoms with Gasteiger partial charge in [-0.3, -0.25) is 10.1 Å². The highest BCUT2D eigenvalue weighted by Crippen LogP contribution is 2.12. The van der Waals surface area contributed by atoms with Crippen molar-refractivity contribution in [2.75, 3.05) is 18.2 Å². The number of anilines is 1. The van der Waals surface area contributed by atoms with Gasteiger partial charge in [0, 0.05) is 6.26 Å². The van der Waals surface area contributed by atoms with E-state index in [4.69, 9.17) is 4.74 Å². The summed E-state index contributed by atoms with van der Waals surface area (Å²) in [6.45, 7) is -0.753. The molecule has 0 aliphatic heterocycles. The summed E-state index contributed by atoms with van der Waals surface area (Å²) in [7, 11) is -3.40. The van der Waals surface area contributed by atoms with Gasteiger partial charge in [0.05, 0.1) is 16.1 Å². The van der Waals surface area contributed by atoms with E-state index in [9.17, 15) is 27.2 Å². The molecule has 0 bridgehead atoms. The summed E-state index contributed by atoms with van der Waals surface area (Å²) < 4.78 is 40.8. The van der Waals surface area contributed by atoms with Crippen molar-refractivity contribution in [2.45, 2.75) is 4.90 Å². The lowest BCUT2D eigenvalue weighted by Gasteiger charge is -2.08. The Balaban J connectivity index is 1.85. The smallest absolute Gasteiger partial charge is 0.338 e. The molecular weight excluding hydrogens is 379 g/mol. The van der Waals surface area contributed by atoms with Crippen molar-refractivity contribution in [1.29, 1.82) is 0 Å². The molecule has 8 nitrogen and oxygen atoms in total. The molecule has 142 valence electrons. The van der Waals surface area contributed by atoms with Gasteiger partial charge in [-0.2, -0.15) is 0 Å². The fraction of sp³-hybridized carbons (Fsp3) is 0.118. The molecule has 0 atom stereocenters. The zero-order valence-electron chi connectivity index (χ0n) is 14.1. The molecule has 2 aromatic carbocycles. The highest BCUT2D eigenvalue weighted by Gasteiger charge is 2.14. The molecule has 0 unspecified atom stereocenters. The second-order valence-corrected chi connectivity index (χ2v) is 7.37. The third kappa shape index (κ3) is 5.89. The van der Waals surface area contributed by atoms with E-state index in [1.807, 2.05) is 5.32 Å². The monoisotopic (exact) mass is 394 g/mol. The molecule has 2 N–H and O–H groups in total. The number of urea groups is 1. The molecular formula is C17H15FN2O6S. The van der Waals surface area contributed by atoms with Crippen molar-refractivity contribution >= 4 is 33.4 Å². The number of nitrogens with one attached hydrogen (secondary N) is 2. The Bertz CT molecular complexity index is 973. The first-order chi connectivity index (χ1) is 12.7. The molecule has 0 aliphatic rings. The maximum absolute atomic E-state index is 13.4. The van der Waals surface area contributed by atoms with Gasteiger partial charge in [0.2, 0.25) is 0 Å². The second-order valence-electron chi connectivity index (χ2n) is 5.35. The van der Waals surface area contributed by atoms with Crippen molar-refractivity contribution < 1.29 is 31.9 Å². The van der Waals surface area contributed by atoms with Crippen molar-refractivity contribution in [3.8, 4) is 0 Å². The molecule has 0 aliphatic carbocycles. The number of carbonyl (C=O) groups excluding carboxylic acids is 3. The van der Waals surface area contributed by atoms with E-state index in [1.54, 1.807) is 0 Å². The van der Waals surface area contributed by atoms with Gasteiger partial charge in [0.1, 0.15) is 5.82 Å². The quantitative estimate of drug-likeness (QED) is 0.746. The predicted molar refractivity (Wildman–Crippen MR) is 93.4 cm³/mol. The molecule has 27 heavy (non-hydrogen) atoms. The fourth-order valence-corrected chi connectivity index (χ4v) is 2.56. The Morgan fingerprint density at radius 1 is 1.04 bits per heavy atom. The number of hydrogen-bond donors (Lipinski definition) is 2. The minimum absolute atomic E-state index is 0.0293. The van der Waals surface area contributed by atoms with E-state index in [0.717, 1.165) is 12.3 Å². The van der Waals surface area contributed by atoms with E-state index in [1.165, 1.54) is 42.5 Å². The zero-order chi connectivity index (χ0) is 20.0. The lowest BCUT2D eigenvalue weighted by atomic mass is 10.2. The number of para-hydroxylation sites is 1. The summed E-state index contributed by atoms with van der Waals surface area (Å²) in [5.41, 5.74) is -0.0863. The molecule has 0 spiro atoms. The number of sulfone groups is 1. The number of rotatable bonds is 5. The van der Waals surface area contributed by atoms with E-state index >= 15 is 0 Å². The fourth-order valence-electron chi connectivity index (χ4n) is 1.93. The number of carbonyl (C=O) groups is 3. The molecule has 0 heterocycles. The standard InChI is InChI=1S/C17H15FN2O6S/c1-27(24,25)12-8-6-11(7-9-12)16(22)26-10-15(21)20-17(23)19-14-5-3-2-4-13(14)18/h2-9H,10H2,1H3,(H2,19,20,21,23). The third-order valence-electron chi connectivity index (χ3n) is 3.23. The minimum atomic E-state index is -3.40. The number of halogens is 1. The van der Waals surface area contributed by atoms with Gasteiger partial charge in [0.15, 0.2) is 16.4 Å². The molecule has 0 radical (unpaired) electrons. The van der Waals surface area contributed by atoms with Crippen molar-refractivity contribution in [2.24, 2.45) is 0 Å². The molecule has 2 aromatic rings. The number of hydrogen-bond acceptors (Lipinski definition) is 6. The predicted octanol–water partition coefficient (Wildman–Crippen LogP) is 1.73. The molecule has 0 aromatic heterocycles. The topological polar surface area (TPSA) is 119 Å². The molecule has 0 saturated heterocycles. The molecule has 2 rings (SSSR count). The van der Waals surface area contributed by atoms with Crippen molar-refractivity contribution in [1.82, 2.24) is 5.32 Å². The van der Waals surface area contributed by atoms with Crippen molar-refractivity contribution in [3.63, 3.8) is 0 Å². The number of esters is 1. The SMILES string of the molecule is CS(=O)(=O)c1ccc(C(=O)OCC(=O)NC(=O)Nc2ccccc2F)cc1. The van der Waals surface area contributed by atoms with Crippen LogP contribution in [0.1, 0.15) is 10.4 Å². The average molecular weight is 394 g/mol. The number of benzene rings is 2. The van der Waals surface area contributed by atoms with Crippen LogP contribution in [0.25, 0.3) is 0 Å². The summed E-state index contributed by atoms with van der Waals surface area (Å²) in [5, 5.41) is 4.02. The van der Waals surface area contributed by atoms with Gasteiger partial charge in [-0.1, -0.05) is 12.1 Å². The first-order valence-corrected chi connectivity index (χ1v) is 9.38. The van der Waals surface area contributed by atoms with Crippen LogP contribution in [0.2, 0.25) is 0 Å². The summed E-state index contributed by atoms with van der Waals surface area (Å²) in [6, 6.07) is 9.32. The van der Waals surface area contributed by atoms with Crippen LogP contribution in [-0.2, 0) is 19.4 Å². The molecule has 3 amide bonds. The van der Waals surface area contributed by atoms with Crippen LogP contribution < -0.4 is 10.6 Å². The van der Waals surface area contributed by atoms with Gasteiger partial charge in [0.25, 0.3) is 5.91 Å². The van der Waals surface area contributed by atoms with Crippen LogP contribution in [0.15, 0.2) is 53.4 Å². The lowest BCUT2D eigenvalue weighted by Crippen LogP contribution is -2.37. The maximum atomic E-state index is 13.4. The van der Waals surface area contributed by atoms with Crippen LogP contribution in [0.5, 0.6) is 0 Å². The van der Waals surface area contributed by atoms with Gasteiger partial charge < -0.3 is 10.1 Å². The summed E-state index contributed by atoms with van der Waals surface area (Å²) in [4.78, 5) is 35.1. The Kier molecular flexibility index (Phi) is 6.24. The zero-order valence-corrected chi connectivity index (χ0v) is 14.9. The lowest BCUT2D eigenvalue weighted by molar-refractivity contribution is -0.123. The molecule has 0 saturated carbocycles. The van der Waals surface area contributed by atoms with Gasteiger partial charge in [-0.25, -0.2) is 22.4 Å². The Hall–Kier alpha value is -3.27. The van der Waals surface area contributed by atoms with Crippen LogP contribution in [-0.4, -0.2) is 39.2 Å². The summed E-state index contributed by atoms with van der Waals surface area (Å²) in [5.74, 6) is -2.48. The Labute approximate surface area is 154 Å². The second kappa shape index (κ2) is 8.41. The number of amides is 3. The Morgan fingerprint density at radius 2 is 1.67 bits per heavy atom. The first-order valence-electron chi connectivity index (χ1n) is 7.49. The molecule has 0 fully saturated rings. The van der Waals surface area contributed by atoms with E-state index in [-0.39, 0.29) is 16.1 Å². The van der Waals surface area contributed by atoms with Gasteiger partial charge >= 0.3 is 12.0 Å². The highest BCUT2D eigenvalue weighted by molar-refractivity contribution is 7.90. The highest BCUT2D eigenvalue weighted by atomic mass is 32.2. The average Bonchev–Trinajstić information content (AvgIpc) is 2.61. The minimum Gasteiger partial charge on any atom is -0.452 e. The van der Waals surface area contributed by atoms with Gasteiger partial charge in [-0.15, -0.1) is 0 Å². The van der Waals surface area contributed by atoms with Crippen LogP contribution in [0, 0.1) is 5.82 Å². The van der Waals surface area contributed by atoms with Crippen LogP contribution in [0.4, 0.5) is 14.9 Å². The maximum Gasteiger partial charge on any atom is 0.338 e. The third-order valence-corrected chi connectivity index (χ3v) is 4.36. The Morgan fingerprint density at radius 3 is 2.26 bits per heavy atom. The van der Waals surface area contributed by atoms with Crippen molar-refractivity contribution in [3.05, 3.63) is 59.9 Å². The number of imide groups is 1. The first kappa shape index (κ1) is 20.0. The number of ether oxygens (including phenoxy) is 1. The normalized spacial score (nSPS) is 10.7. The van der Waals surface area contributed by atoms with E-state index in [2.05, 4.69) is 5.32 Å². The summed E-state index contributed by atoms with van der Waals surface area (Å²) >= 11 is 0. The van der Waals surface area contributed by atoms with Crippen LogP contribution >= 0.6 is 0 Å². The van der Waals surface area contributed by atoms with E-state index in [0.29, 0.717) is 0 Å². The largest absolute Gasteiger partial charge is 0.452 e. The van der Waals surface area contributed by atoms with Gasteiger partial charge in [-0.05, 0) is 36.4 Å².